The molecule has 172 valence electrons. The molecule has 4 rings (SSSR count). The molecule has 2 aliphatic heterocycles. The number of ether oxygens (including phenoxy) is 2. The summed E-state index contributed by atoms with van der Waals surface area (Å²) in [5, 5.41) is 7.22. The van der Waals surface area contributed by atoms with Crippen molar-refractivity contribution in [3.05, 3.63) is 46.8 Å². The van der Waals surface area contributed by atoms with Crippen LogP contribution in [0.25, 0.3) is 0 Å². The lowest BCUT2D eigenvalue weighted by Crippen LogP contribution is -2.52. The van der Waals surface area contributed by atoms with Gasteiger partial charge in [0.2, 0.25) is 0 Å². The van der Waals surface area contributed by atoms with Crippen LogP contribution in [0.4, 0.5) is 0 Å². The monoisotopic (exact) mass is 441 g/mol. The summed E-state index contributed by atoms with van der Waals surface area (Å²) in [6, 6.07) is 7.39. The van der Waals surface area contributed by atoms with Gasteiger partial charge in [0.05, 0.1) is 24.3 Å². The Hall–Kier alpha value is -2.87. The van der Waals surface area contributed by atoms with Crippen LogP contribution in [-0.2, 0) is 11.3 Å². The van der Waals surface area contributed by atoms with Crippen LogP contribution in [0.3, 0.4) is 0 Å². The summed E-state index contributed by atoms with van der Waals surface area (Å²) in [6.07, 6.45) is 4.66. The molecule has 0 bridgehead atoms. The van der Waals surface area contributed by atoms with Crippen LogP contribution in [-0.4, -0.2) is 54.7 Å². The topological polar surface area (TPSA) is 93.9 Å². The van der Waals surface area contributed by atoms with Gasteiger partial charge in [-0.25, -0.2) is 0 Å². The largest absolute Gasteiger partial charge is 0.493 e. The van der Waals surface area contributed by atoms with E-state index in [1.165, 1.54) is 0 Å². The van der Waals surface area contributed by atoms with Crippen LogP contribution in [0.1, 0.15) is 64.3 Å². The first-order valence-corrected chi connectivity index (χ1v) is 11.3. The normalized spacial score (nSPS) is 21.9. The van der Waals surface area contributed by atoms with Crippen molar-refractivity contribution in [3.8, 4) is 5.75 Å². The zero-order valence-corrected chi connectivity index (χ0v) is 18.8. The van der Waals surface area contributed by atoms with Gasteiger partial charge in [-0.1, -0.05) is 30.1 Å². The number of hydrogen-bond acceptors (Lipinski definition) is 6. The van der Waals surface area contributed by atoms with E-state index in [0.29, 0.717) is 54.4 Å². The zero-order valence-electron chi connectivity index (χ0n) is 18.8. The summed E-state index contributed by atoms with van der Waals surface area (Å²) in [4.78, 5) is 28.1. The molecular formula is C24H31N3O5. The molecular weight excluding hydrogens is 410 g/mol. The van der Waals surface area contributed by atoms with Gasteiger partial charge in [0.25, 0.3) is 11.8 Å². The van der Waals surface area contributed by atoms with Crippen molar-refractivity contribution in [2.75, 3.05) is 26.8 Å². The Balaban J connectivity index is 1.51. The number of fused-ring (bicyclic) bond motifs is 2. The molecule has 2 aliphatic rings. The van der Waals surface area contributed by atoms with Gasteiger partial charge in [-0.05, 0) is 44.2 Å². The van der Waals surface area contributed by atoms with Crippen LogP contribution in [0.5, 0.6) is 5.75 Å². The third kappa shape index (κ3) is 4.80. The highest BCUT2D eigenvalue weighted by atomic mass is 16.5. The molecule has 2 amide bonds. The van der Waals surface area contributed by atoms with E-state index in [1.807, 2.05) is 23.1 Å². The van der Waals surface area contributed by atoms with Gasteiger partial charge in [0.1, 0.15) is 11.5 Å². The third-order valence-corrected chi connectivity index (χ3v) is 6.42. The predicted octanol–water partition coefficient (Wildman–Crippen LogP) is 3.34. The maximum absolute atomic E-state index is 13.2. The molecule has 1 fully saturated rings. The Morgan fingerprint density at radius 2 is 2.09 bits per heavy atom. The number of nitrogens with one attached hydrogen (secondary N) is 1. The fraction of sp³-hybridized carbons (Fsp3) is 0.542. The minimum Gasteiger partial charge on any atom is -0.493 e. The number of benzene rings is 1. The summed E-state index contributed by atoms with van der Waals surface area (Å²) in [5.41, 5.74) is 1.59. The predicted molar refractivity (Wildman–Crippen MR) is 118 cm³/mol. The Morgan fingerprint density at radius 3 is 2.94 bits per heavy atom. The van der Waals surface area contributed by atoms with Gasteiger partial charge in [-0.3, -0.25) is 9.59 Å². The number of rotatable bonds is 3. The van der Waals surface area contributed by atoms with Crippen molar-refractivity contribution in [2.45, 2.75) is 51.7 Å². The first kappa shape index (κ1) is 22.3. The summed E-state index contributed by atoms with van der Waals surface area (Å²) >= 11 is 0. The number of methoxy groups -OCH3 is 1. The average molecular weight is 442 g/mol. The van der Waals surface area contributed by atoms with E-state index in [9.17, 15) is 9.59 Å². The molecule has 2 atom stereocenters. The summed E-state index contributed by atoms with van der Waals surface area (Å²) in [6.45, 7) is 3.80. The minimum atomic E-state index is -0.136. The van der Waals surface area contributed by atoms with Crippen LogP contribution < -0.4 is 10.1 Å². The lowest BCUT2D eigenvalue weighted by molar-refractivity contribution is 0.0591. The van der Waals surface area contributed by atoms with Gasteiger partial charge in [-0.2, -0.15) is 0 Å². The Morgan fingerprint density at radius 1 is 1.25 bits per heavy atom. The maximum atomic E-state index is 13.2. The number of nitrogens with zero attached hydrogens (tertiary/aromatic N) is 2. The minimum absolute atomic E-state index is 0.0107. The molecule has 32 heavy (non-hydrogen) atoms. The molecule has 8 nitrogen and oxygen atoms in total. The fourth-order valence-electron chi connectivity index (χ4n) is 4.62. The number of aromatic nitrogens is 1. The van der Waals surface area contributed by atoms with Crippen molar-refractivity contribution in [1.29, 1.82) is 0 Å². The Labute approximate surface area is 188 Å². The Bertz CT molecular complexity index is 957. The summed E-state index contributed by atoms with van der Waals surface area (Å²) < 4.78 is 16.3. The highest BCUT2D eigenvalue weighted by Crippen LogP contribution is 2.27. The van der Waals surface area contributed by atoms with E-state index in [-0.39, 0.29) is 30.4 Å². The number of para-hydroxylation sites is 1. The third-order valence-electron chi connectivity index (χ3n) is 6.42. The number of aryl methyl sites for hydroxylation is 1. The molecule has 1 aromatic heterocycles. The van der Waals surface area contributed by atoms with Crippen molar-refractivity contribution >= 4 is 11.8 Å². The first-order chi connectivity index (χ1) is 15.6. The molecule has 3 heterocycles. The standard InChI is InChI=1S/C24H31N3O5/c1-16-19(15-30-2)22(26-32-16)24(29)27-12-11-20-17(14-27)8-4-3-7-13-31-21-10-6-5-9-18(21)23(28)25-20/h5-6,9-10,17,20H,3-4,7-8,11-15H2,1-2H3,(H,25,28)/t17-,20+/m0/s1. The zero-order chi connectivity index (χ0) is 22.5. The maximum Gasteiger partial charge on any atom is 0.276 e. The molecule has 0 spiro atoms. The lowest BCUT2D eigenvalue weighted by atomic mass is 9.87. The molecule has 1 aromatic carbocycles. The summed E-state index contributed by atoms with van der Waals surface area (Å²) in [7, 11) is 1.59. The van der Waals surface area contributed by atoms with Crippen molar-refractivity contribution in [3.63, 3.8) is 0 Å². The molecule has 2 aromatic rings. The second kappa shape index (κ2) is 10.2. The van der Waals surface area contributed by atoms with Gasteiger partial charge >= 0.3 is 0 Å². The highest BCUT2D eigenvalue weighted by Gasteiger charge is 2.35. The van der Waals surface area contributed by atoms with Crippen LogP contribution in [0.2, 0.25) is 0 Å². The smallest absolute Gasteiger partial charge is 0.276 e. The quantitative estimate of drug-likeness (QED) is 0.785. The van der Waals surface area contributed by atoms with Crippen LogP contribution in [0, 0.1) is 12.8 Å². The SMILES string of the molecule is COCc1c(C(=O)N2CC[C@H]3NC(=O)c4ccccc4OCCCCC[C@H]3C2)noc1C. The fourth-order valence-corrected chi connectivity index (χ4v) is 4.62. The molecule has 0 unspecified atom stereocenters. The van der Waals surface area contributed by atoms with Gasteiger partial charge in [0, 0.05) is 26.2 Å². The highest BCUT2D eigenvalue weighted by molar-refractivity contribution is 5.97. The van der Waals surface area contributed by atoms with Gasteiger partial charge in [-0.15, -0.1) is 0 Å². The molecule has 8 heteroatoms. The number of hydrogen-bond donors (Lipinski definition) is 1. The van der Waals surface area contributed by atoms with E-state index in [4.69, 9.17) is 14.0 Å². The lowest BCUT2D eigenvalue weighted by Gasteiger charge is -2.39. The van der Waals surface area contributed by atoms with Gasteiger partial charge in [0.15, 0.2) is 5.69 Å². The molecule has 0 radical (unpaired) electrons. The van der Waals surface area contributed by atoms with Gasteiger partial charge < -0.3 is 24.2 Å². The number of carbonyl (C=O) groups excluding carboxylic acids is 2. The van der Waals surface area contributed by atoms with E-state index >= 15 is 0 Å². The molecule has 0 saturated carbocycles. The average Bonchev–Trinajstić information content (AvgIpc) is 3.16. The number of carbonyl (C=O) groups is 2. The van der Waals surface area contributed by atoms with E-state index in [0.717, 1.165) is 25.7 Å². The first-order valence-electron chi connectivity index (χ1n) is 11.3. The molecule has 1 saturated heterocycles. The van der Waals surface area contributed by atoms with Crippen LogP contribution >= 0.6 is 0 Å². The number of piperidine rings is 1. The van der Waals surface area contributed by atoms with E-state index < -0.39 is 0 Å². The number of likely N-dealkylation sites (tertiary alicyclic amines) is 1. The van der Waals surface area contributed by atoms with Crippen molar-refractivity contribution < 1.29 is 23.6 Å². The van der Waals surface area contributed by atoms with Crippen molar-refractivity contribution in [1.82, 2.24) is 15.4 Å². The summed E-state index contributed by atoms with van der Waals surface area (Å²) in [5.74, 6) is 1.16. The Kier molecular flexibility index (Phi) is 7.09. The van der Waals surface area contributed by atoms with E-state index in [1.54, 1.807) is 20.1 Å². The van der Waals surface area contributed by atoms with Crippen LogP contribution in [0.15, 0.2) is 28.8 Å². The number of amides is 2. The van der Waals surface area contributed by atoms with E-state index in [2.05, 4.69) is 10.5 Å². The second-order valence-corrected chi connectivity index (χ2v) is 8.57. The molecule has 0 aliphatic carbocycles. The molecule has 1 N–H and O–H groups in total. The van der Waals surface area contributed by atoms with Crippen molar-refractivity contribution in [2.24, 2.45) is 5.92 Å². The second-order valence-electron chi connectivity index (χ2n) is 8.57.